The van der Waals surface area contributed by atoms with E-state index in [9.17, 15) is 4.39 Å². The highest BCUT2D eigenvalue weighted by atomic mass is 32.2. The number of halogens is 1. The van der Waals surface area contributed by atoms with Crippen LogP contribution in [0.15, 0.2) is 17.0 Å². The quantitative estimate of drug-likeness (QED) is 0.836. The van der Waals surface area contributed by atoms with Crippen molar-refractivity contribution in [3.05, 3.63) is 23.5 Å². The standard InChI is InChI=1S/C14H21FN2OS/c1-18-12-4-3-11(13(15)14(12)19-2)5-8-17-9-6-16-7-10-17/h3-4,16H,5-10H2,1-2H3. The number of nitrogens with zero attached hydrogens (tertiary/aromatic N) is 1. The lowest BCUT2D eigenvalue weighted by molar-refractivity contribution is 0.243. The molecule has 0 bridgehead atoms. The van der Waals surface area contributed by atoms with Gasteiger partial charge < -0.3 is 15.0 Å². The molecule has 0 aromatic heterocycles. The van der Waals surface area contributed by atoms with Gasteiger partial charge in [0.05, 0.1) is 12.0 Å². The van der Waals surface area contributed by atoms with Crippen LogP contribution >= 0.6 is 11.8 Å². The lowest BCUT2D eigenvalue weighted by Crippen LogP contribution is -2.44. The number of benzene rings is 1. The molecule has 19 heavy (non-hydrogen) atoms. The highest BCUT2D eigenvalue weighted by Crippen LogP contribution is 2.32. The molecule has 0 saturated carbocycles. The molecule has 1 saturated heterocycles. The average Bonchev–Trinajstić information content (AvgIpc) is 2.46. The van der Waals surface area contributed by atoms with Crippen molar-refractivity contribution in [3.63, 3.8) is 0 Å². The second-order valence-electron chi connectivity index (χ2n) is 4.62. The molecule has 0 atom stereocenters. The van der Waals surface area contributed by atoms with Crippen LogP contribution in [-0.2, 0) is 6.42 Å². The molecule has 1 aliphatic heterocycles. The molecule has 0 radical (unpaired) electrons. The molecule has 1 aromatic carbocycles. The maximum atomic E-state index is 14.3. The molecule has 1 fully saturated rings. The monoisotopic (exact) mass is 284 g/mol. The molecule has 1 aliphatic rings. The Morgan fingerprint density at radius 1 is 1.37 bits per heavy atom. The Morgan fingerprint density at radius 3 is 2.74 bits per heavy atom. The average molecular weight is 284 g/mol. The van der Waals surface area contributed by atoms with Crippen molar-refractivity contribution in [2.24, 2.45) is 0 Å². The Labute approximate surface area is 118 Å². The minimum Gasteiger partial charge on any atom is -0.495 e. The van der Waals surface area contributed by atoms with E-state index >= 15 is 0 Å². The van der Waals surface area contributed by atoms with E-state index in [1.54, 1.807) is 7.11 Å². The molecule has 0 spiro atoms. The number of thioether (sulfide) groups is 1. The van der Waals surface area contributed by atoms with Crippen molar-refractivity contribution in [1.82, 2.24) is 10.2 Å². The molecule has 0 aliphatic carbocycles. The van der Waals surface area contributed by atoms with Gasteiger partial charge in [0, 0.05) is 32.7 Å². The van der Waals surface area contributed by atoms with Crippen LogP contribution in [0.4, 0.5) is 4.39 Å². The maximum absolute atomic E-state index is 14.3. The highest BCUT2D eigenvalue weighted by Gasteiger charge is 2.15. The summed E-state index contributed by atoms with van der Waals surface area (Å²) in [6, 6.07) is 3.71. The van der Waals surface area contributed by atoms with Crippen LogP contribution in [-0.4, -0.2) is 51.0 Å². The number of methoxy groups -OCH3 is 1. The van der Waals surface area contributed by atoms with Gasteiger partial charge in [-0.05, 0) is 24.3 Å². The Hall–Kier alpha value is -0.780. The van der Waals surface area contributed by atoms with Crippen LogP contribution in [0.5, 0.6) is 5.75 Å². The summed E-state index contributed by atoms with van der Waals surface area (Å²) in [6.45, 7) is 5.07. The molecule has 0 amide bonds. The van der Waals surface area contributed by atoms with Gasteiger partial charge in [-0.1, -0.05) is 6.07 Å². The minimum atomic E-state index is -0.123. The van der Waals surface area contributed by atoms with Crippen LogP contribution in [0.1, 0.15) is 5.56 Å². The van der Waals surface area contributed by atoms with Crippen LogP contribution in [0, 0.1) is 5.82 Å². The number of ether oxygens (including phenoxy) is 1. The maximum Gasteiger partial charge on any atom is 0.143 e. The van der Waals surface area contributed by atoms with Gasteiger partial charge in [-0.2, -0.15) is 0 Å². The van der Waals surface area contributed by atoms with E-state index in [0.29, 0.717) is 10.6 Å². The molecule has 1 aromatic rings. The summed E-state index contributed by atoms with van der Waals surface area (Å²) in [5.74, 6) is 0.498. The first-order chi connectivity index (χ1) is 9.26. The predicted octanol–water partition coefficient (Wildman–Crippen LogP) is 2.00. The Kier molecular flexibility index (Phi) is 5.48. The summed E-state index contributed by atoms with van der Waals surface area (Å²) in [4.78, 5) is 2.99. The summed E-state index contributed by atoms with van der Waals surface area (Å²) in [7, 11) is 1.58. The largest absolute Gasteiger partial charge is 0.495 e. The van der Waals surface area contributed by atoms with Gasteiger partial charge in [-0.3, -0.25) is 0 Å². The Morgan fingerprint density at radius 2 is 2.11 bits per heavy atom. The van der Waals surface area contributed by atoms with E-state index < -0.39 is 0 Å². The fraction of sp³-hybridized carbons (Fsp3) is 0.571. The molecule has 2 rings (SSSR count). The second kappa shape index (κ2) is 7.12. The minimum absolute atomic E-state index is 0.123. The first kappa shape index (κ1) is 14.6. The van der Waals surface area contributed by atoms with E-state index in [0.717, 1.165) is 44.7 Å². The number of piperazine rings is 1. The van der Waals surface area contributed by atoms with Gasteiger partial charge in [0.25, 0.3) is 0 Å². The van der Waals surface area contributed by atoms with Gasteiger partial charge >= 0.3 is 0 Å². The van der Waals surface area contributed by atoms with Gasteiger partial charge in [0.2, 0.25) is 0 Å². The Bertz CT molecular complexity index is 422. The van der Waals surface area contributed by atoms with Crippen LogP contribution < -0.4 is 10.1 Å². The van der Waals surface area contributed by atoms with E-state index in [4.69, 9.17) is 4.74 Å². The zero-order valence-corrected chi connectivity index (χ0v) is 12.4. The normalized spacial score (nSPS) is 16.6. The zero-order valence-electron chi connectivity index (χ0n) is 11.5. The molecule has 106 valence electrons. The molecular formula is C14H21FN2OS. The van der Waals surface area contributed by atoms with Gasteiger partial charge in [-0.25, -0.2) is 4.39 Å². The first-order valence-corrected chi connectivity index (χ1v) is 7.81. The molecular weight excluding hydrogens is 263 g/mol. The van der Waals surface area contributed by atoms with E-state index in [-0.39, 0.29) is 5.82 Å². The highest BCUT2D eigenvalue weighted by molar-refractivity contribution is 7.98. The van der Waals surface area contributed by atoms with Crippen molar-refractivity contribution in [2.75, 3.05) is 46.1 Å². The third-order valence-corrected chi connectivity index (χ3v) is 4.26. The third kappa shape index (κ3) is 3.61. The smallest absolute Gasteiger partial charge is 0.143 e. The second-order valence-corrected chi connectivity index (χ2v) is 5.43. The topological polar surface area (TPSA) is 24.5 Å². The van der Waals surface area contributed by atoms with Gasteiger partial charge in [-0.15, -0.1) is 11.8 Å². The van der Waals surface area contributed by atoms with E-state index in [2.05, 4.69) is 10.2 Å². The van der Waals surface area contributed by atoms with E-state index in [1.165, 1.54) is 11.8 Å². The zero-order chi connectivity index (χ0) is 13.7. The van der Waals surface area contributed by atoms with Crippen molar-refractivity contribution < 1.29 is 9.13 Å². The fourth-order valence-corrected chi connectivity index (χ4v) is 3.00. The number of rotatable bonds is 5. The van der Waals surface area contributed by atoms with Gasteiger partial charge in [0.1, 0.15) is 11.6 Å². The summed E-state index contributed by atoms with van der Waals surface area (Å²) in [5, 5.41) is 3.32. The summed E-state index contributed by atoms with van der Waals surface area (Å²) < 4.78 is 19.5. The number of hydrogen-bond donors (Lipinski definition) is 1. The summed E-state index contributed by atoms with van der Waals surface area (Å²) in [6.07, 6.45) is 2.63. The number of hydrogen-bond acceptors (Lipinski definition) is 4. The van der Waals surface area contributed by atoms with Gasteiger partial charge in [0.15, 0.2) is 0 Å². The summed E-state index contributed by atoms with van der Waals surface area (Å²) >= 11 is 1.40. The van der Waals surface area contributed by atoms with Crippen LogP contribution in [0.25, 0.3) is 0 Å². The molecule has 1 N–H and O–H groups in total. The fourth-order valence-electron chi connectivity index (χ4n) is 2.34. The predicted molar refractivity (Wildman–Crippen MR) is 77.7 cm³/mol. The Balaban J connectivity index is 2.03. The lowest BCUT2D eigenvalue weighted by atomic mass is 10.1. The molecule has 3 nitrogen and oxygen atoms in total. The van der Waals surface area contributed by atoms with E-state index in [1.807, 2.05) is 18.4 Å². The van der Waals surface area contributed by atoms with Crippen molar-refractivity contribution in [2.45, 2.75) is 11.3 Å². The molecule has 0 unspecified atom stereocenters. The summed E-state index contributed by atoms with van der Waals surface area (Å²) in [5.41, 5.74) is 0.781. The van der Waals surface area contributed by atoms with Crippen molar-refractivity contribution in [1.29, 1.82) is 0 Å². The lowest BCUT2D eigenvalue weighted by Gasteiger charge is -2.27. The first-order valence-electron chi connectivity index (χ1n) is 6.58. The molecule has 5 heteroatoms. The molecule has 1 heterocycles. The SMILES string of the molecule is COc1ccc(CCN2CCNCC2)c(F)c1SC. The number of nitrogens with one attached hydrogen (secondary N) is 1. The van der Waals surface area contributed by atoms with Crippen molar-refractivity contribution in [3.8, 4) is 5.75 Å². The van der Waals surface area contributed by atoms with Crippen LogP contribution in [0.2, 0.25) is 0 Å². The van der Waals surface area contributed by atoms with Crippen molar-refractivity contribution >= 4 is 11.8 Å². The third-order valence-electron chi connectivity index (χ3n) is 3.47. The van der Waals surface area contributed by atoms with Crippen LogP contribution in [0.3, 0.4) is 0 Å².